The van der Waals surface area contributed by atoms with Crippen molar-refractivity contribution in [1.82, 2.24) is 9.73 Å². The van der Waals surface area contributed by atoms with Gasteiger partial charge in [-0.05, 0) is 30.3 Å². The van der Waals surface area contributed by atoms with Crippen molar-refractivity contribution in [1.29, 1.82) is 0 Å². The summed E-state index contributed by atoms with van der Waals surface area (Å²) in [4.78, 5) is 12.3. The third-order valence-corrected chi connectivity index (χ3v) is 5.99. The standard InChI is InChI=1S/C19H21F2N3O4S/c1-3-24(4-2)29(26,27)16-10-7-9-14(12-16)18(25)23-22-13-15-8-5-6-11-17(15)28-19(20)21/h5-13,19H,3-4H2,1-2H3,(H,23,25)/b22-13+. The zero-order valence-corrected chi connectivity index (χ0v) is 16.7. The Kier molecular flexibility index (Phi) is 7.80. The minimum atomic E-state index is -3.71. The number of halogens is 2. The number of hydrogen-bond acceptors (Lipinski definition) is 5. The van der Waals surface area contributed by atoms with Crippen LogP contribution in [-0.2, 0) is 10.0 Å². The number of carbonyl (C=O) groups excluding carboxylic acids is 1. The van der Waals surface area contributed by atoms with Crippen molar-refractivity contribution < 1.29 is 26.7 Å². The fourth-order valence-electron chi connectivity index (χ4n) is 2.53. The van der Waals surface area contributed by atoms with Gasteiger partial charge in [0.15, 0.2) is 0 Å². The monoisotopic (exact) mass is 425 g/mol. The van der Waals surface area contributed by atoms with Crippen molar-refractivity contribution in [3.8, 4) is 5.75 Å². The molecule has 0 spiro atoms. The van der Waals surface area contributed by atoms with E-state index in [2.05, 4.69) is 15.3 Å². The van der Waals surface area contributed by atoms with Crippen molar-refractivity contribution in [3.63, 3.8) is 0 Å². The molecule has 0 heterocycles. The molecule has 0 atom stereocenters. The number of carbonyl (C=O) groups is 1. The Bertz CT molecular complexity index is 977. The summed E-state index contributed by atoms with van der Waals surface area (Å²) in [6, 6.07) is 11.5. The van der Waals surface area contributed by atoms with Crippen LogP contribution in [0.5, 0.6) is 5.75 Å². The molecule has 2 rings (SSSR count). The van der Waals surface area contributed by atoms with Gasteiger partial charge in [-0.15, -0.1) is 0 Å². The Labute approximate surface area is 168 Å². The molecule has 0 aliphatic carbocycles. The first-order valence-electron chi connectivity index (χ1n) is 8.77. The number of sulfonamides is 1. The molecule has 1 amide bonds. The zero-order chi connectivity index (χ0) is 21.4. The summed E-state index contributed by atoms with van der Waals surface area (Å²) < 4.78 is 55.7. The van der Waals surface area contributed by atoms with Crippen LogP contribution < -0.4 is 10.2 Å². The van der Waals surface area contributed by atoms with E-state index in [4.69, 9.17) is 0 Å². The van der Waals surface area contributed by atoms with Crippen LogP contribution in [0.15, 0.2) is 58.5 Å². The molecule has 0 aliphatic heterocycles. The summed E-state index contributed by atoms with van der Waals surface area (Å²) in [6.07, 6.45) is 1.16. The lowest BCUT2D eigenvalue weighted by Crippen LogP contribution is -2.30. The van der Waals surface area contributed by atoms with Gasteiger partial charge in [-0.25, -0.2) is 13.8 Å². The van der Waals surface area contributed by atoms with Crippen LogP contribution in [0.1, 0.15) is 29.8 Å². The van der Waals surface area contributed by atoms with E-state index in [9.17, 15) is 22.0 Å². The molecule has 0 unspecified atom stereocenters. The Morgan fingerprint density at radius 1 is 1.17 bits per heavy atom. The smallest absolute Gasteiger partial charge is 0.387 e. The molecule has 156 valence electrons. The average Bonchev–Trinajstić information content (AvgIpc) is 2.69. The van der Waals surface area contributed by atoms with E-state index in [1.54, 1.807) is 19.9 Å². The Balaban J connectivity index is 2.16. The van der Waals surface area contributed by atoms with Crippen molar-refractivity contribution in [2.75, 3.05) is 13.1 Å². The van der Waals surface area contributed by atoms with Gasteiger partial charge in [0, 0.05) is 24.2 Å². The molecular weight excluding hydrogens is 404 g/mol. The highest BCUT2D eigenvalue weighted by Gasteiger charge is 2.22. The summed E-state index contributed by atoms with van der Waals surface area (Å²) in [5.41, 5.74) is 2.57. The molecule has 2 aromatic carbocycles. The molecule has 10 heteroatoms. The van der Waals surface area contributed by atoms with Gasteiger partial charge in [-0.3, -0.25) is 4.79 Å². The van der Waals surface area contributed by atoms with Gasteiger partial charge in [0.25, 0.3) is 5.91 Å². The fraction of sp³-hybridized carbons (Fsp3) is 0.263. The Morgan fingerprint density at radius 3 is 2.52 bits per heavy atom. The van der Waals surface area contributed by atoms with E-state index in [0.29, 0.717) is 13.1 Å². The van der Waals surface area contributed by atoms with Gasteiger partial charge in [-0.1, -0.05) is 32.0 Å². The van der Waals surface area contributed by atoms with Gasteiger partial charge in [0.2, 0.25) is 10.0 Å². The number of ether oxygens (including phenoxy) is 1. The van der Waals surface area contributed by atoms with E-state index in [1.807, 2.05) is 0 Å². The van der Waals surface area contributed by atoms with Crippen LogP contribution in [0.2, 0.25) is 0 Å². The molecule has 2 aromatic rings. The second-order valence-electron chi connectivity index (χ2n) is 5.73. The number of benzene rings is 2. The van der Waals surface area contributed by atoms with E-state index in [0.717, 1.165) is 6.21 Å². The van der Waals surface area contributed by atoms with Crippen LogP contribution in [0.3, 0.4) is 0 Å². The molecule has 0 aromatic heterocycles. The predicted molar refractivity (Wildman–Crippen MR) is 105 cm³/mol. The highest BCUT2D eigenvalue weighted by Crippen LogP contribution is 2.19. The third-order valence-electron chi connectivity index (χ3n) is 3.94. The molecule has 0 saturated carbocycles. The molecule has 0 bridgehead atoms. The zero-order valence-electron chi connectivity index (χ0n) is 15.9. The lowest BCUT2D eigenvalue weighted by atomic mass is 10.2. The minimum Gasteiger partial charge on any atom is -0.434 e. The van der Waals surface area contributed by atoms with Crippen LogP contribution >= 0.6 is 0 Å². The van der Waals surface area contributed by atoms with Gasteiger partial charge in [0.1, 0.15) is 5.75 Å². The summed E-state index contributed by atoms with van der Waals surface area (Å²) >= 11 is 0. The van der Waals surface area contributed by atoms with Crippen molar-refractivity contribution >= 4 is 22.1 Å². The molecular formula is C19H21F2N3O4S. The number of nitrogens with one attached hydrogen (secondary N) is 1. The molecule has 7 nitrogen and oxygen atoms in total. The van der Waals surface area contributed by atoms with Gasteiger partial charge < -0.3 is 4.74 Å². The minimum absolute atomic E-state index is 0.00601. The fourth-order valence-corrected chi connectivity index (χ4v) is 4.03. The van der Waals surface area contributed by atoms with Gasteiger partial charge >= 0.3 is 6.61 Å². The van der Waals surface area contributed by atoms with Crippen molar-refractivity contribution in [3.05, 3.63) is 59.7 Å². The van der Waals surface area contributed by atoms with E-state index in [-0.39, 0.29) is 21.8 Å². The third kappa shape index (κ3) is 5.81. The largest absolute Gasteiger partial charge is 0.434 e. The molecule has 0 radical (unpaired) electrons. The first kappa shape index (κ1) is 22.4. The van der Waals surface area contributed by atoms with Crippen LogP contribution in [0.25, 0.3) is 0 Å². The van der Waals surface area contributed by atoms with E-state index >= 15 is 0 Å². The van der Waals surface area contributed by atoms with E-state index < -0.39 is 22.5 Å². The highest BCUT2D eigenvalue weighted by molar-refractivity contribution is 7.89. The van der Waals surface area contributed by atoms with Gasteiger partial charge in [-0.2, -0.15) is 18.2 Å². The molecule has 1 N–H and O–H groups in total. The number of nitrogens with zero attached hydrogens (tertiary/aromatic N) is 2. The Morgan fingerprint density at radius 2 is 1.86 bits per heavy atom. The summed E-state index contributed by atoms with van der Waals surface area (Å²) in [7, 11) is -3.71. The number of rotatable bonds is 9. The Hall–Kier alpha value is -2.85. The average molecular weight is 425 g/mol. The van der Waals surface area contributed by atoms with Crippen molar-refractivity contribution in [2.45, 2.75) is 25.4 Å². The number of amides is 1. The highest BCUT2D eigenvalue weighted by atomic mass is 32.2. The van der Waals surface area contributed by atoms with Crippen LogP contribution in [0, 0.1) is 0 Å². The maximum atomic E-state index is 12.6. The number of hydrazone groups is 1. The molecule has 0 fully saturated rings. The summed E-state index contributed by atoms with van der Waals surface area (Å²) in [6.45, 7) is 1.07. The quantitative estimate of drug-likeness (QED) is 0.494. The molecule has 0 saturated heterocycles. The molecule has 0 aliphatic rings. The lowest BCUT2D eigenvalue weighted by molar-refractivity contribution is -0.0499. The summed E-state index contributed by atoms with van der Waals surface area (Å²) in [5, 5.41) is 3.74. The van der Waals surface area contributed by atoms with Gasteiger partial charge in [0.05, 0.1) is 11.1 Å². The van der Waals surface area contributed by atoms with E-state index in [1.165, 1.54) is 46.8 Å². The maximum absolute atomic E-state index is 12.6. The predicted octanol–water partition coefficient (Wildman–Crippen LogP) is 3.08. The topological polar surface area (TPSA) is 88.1 Å². The maximum Gasteiger partial charge on any atom is 0.387 e. The first-order valence-corrected chi connectivity index (χ1v) is 10.2. The summed E-state index contributed by atoms with van der Waals surface area (Å²) in [5.74, 6) is -0.738. The second-order valence-corrected chi connectivity index (χ2v) is 7.67. The normalized spacial score (nSPS) is 11.9. The lowest BCUT2D eigenvalue weighted by Gasteiger charge is -2.18. The number of para-hydroxylation sites is 1. The molecule has 29 heavy (non-hydrogen) atoms. The number of hydrogen-bond donors (Lipinski definition) is 1. The first-order chi connectivity index (χ1) is 13.8. The SMILES string of the molecule is CCN(CC)S(=O)(=O)c1cccc(C(=O)N/N=C/c2ccccc2OC(F)F)c1. The second kappa shape index (κ2) is 10.1. The number of alkyl halides is 2. The van der Waals surface area contributed by atoms with Crippen molar-refractivity contribution in [2.24, 2.45) is 5.10 Å². The van der Waals surface area contributed by atoms with Crippen LogP contribution in [0.4, 0.5) is 8.78 Å². The van der Waals surface area contributed by atoms with Crippen LogP contribution in [-0.4, -0.2) is 44.5 Å².